The number of aromatic nitrogens is 2. The summed E-state index contributed by atoms with van der Waals surface area (Å²) in [7, 11) is 2.79. The zero-order valence-electron chi connectivity index (χ0n) is 71.4. The molecule has 124 heavy (non-hydrogen) atoms. The number of carbonyl (C=O) groups is 13. The van der Waals surface area contributed by atoms with Crippen LogP contribution in [0.25, 0.3) is 21.1 Å². The van der Waals surface area contributed by atoms with Crippen LogP contribution >= 0.6 is 44.7 Å². The number of carbonyl (C=O) groups excluding carboxylic acids is 12. The fraction of sp³-hybridized carbons (Fsp3) is 0.613. The van der Waals surface area contributed by atoms with Gasteiger partial charge in [0.25, 0.3) is 0 Å². The number of carboxylic acids is 1. The first-order chi connectivity index (χ1) is 59.0. The number of thioether (sulfide) groups is 1. The number of aliphatic hydroxyl groups is 1. The van der Waals surface area contributed by atoms with E-state index in [1.165, 1.54) is 51.6 Å². The van der Waals surface area contributed by atoms with Crippen molar-refractivity contribution >= 4 is 160 Å². The Morgan fingerprint density at radius 1 is 0.556 bits per heavy atom. The molecule has 12 atom stereocenters. The van der Waals surface area contributed by atoms with Crippen molar-refractivity contribution in [2.24, 2.45) is 57.1 Å². The molecule has 0 fully saturated rings. The fourth-order valence-electron chi connectivity index (χ4n) is 13.0. The molecule has 688 valence electrons. The Bertz CT molecular complexity index is 4250. The van der Waals surface area contributed by atoms with Gasteiger partial charge in [-0.25, -0.2) is 14.6 Å². The van der Waals surface area contributed by atoms with Gasteiger partial charge in [0.15, 0.2) is 18.0 Å². The van der Waals surface area contributed by atoms with Crippen LogP contribution in [0.1, 0.15) is 168 Å². The molecule has 0 spiro atoms. The number of aromatic amines is 1. The van der Waals surface area contributed by atoms with Gasteiger partial charge in [0, 0.05) is 66.4 Å². The van der Waals surface area contributed by atoms with Crippen LogP contribution < -0.4 is 103 Å². The van der Waals surface area contributed by atoms with E-state index >= 15 is 0 Å². The highest BCUT2D eigenvalue weighted by Crippen LogP contribution is 2.32. The smallest absolute Gasteiger partial charge is 0.480 e. The van der Waals surface area contributed by atoms with Gasteiger partial charge in [-0.15, -0.1) is 23.1 Å². The fourth-order valence-corrected chi connectivity index (χ4v) is 17.1. The molecule has 0 radical (unpaired) electrons. The average Bonchev–Trinajstić information content (AvgIpc) is 1.66. The first kappa shape index (κ1) is 104. The van der Waals surface area contributed by atoms with Crippen LogP contribution in [-0.2, 0) is 68.7 Å². The van der Waals surface area contributed by atoms with Crippen LogP contribution in [0.5, 0.6) is 5.75 Å². The highest BCUT2D eigenvalue weighted by atomic mass is 33.1. The number of aliphatic hydroxyl groups excluding tert-OH is 1. The van der Waals surface area contributed by atoms with E-state index in [1.807, 2.05) is 32.0 Å². The van der Waals surface area contributed by atoms with Crippen molar-refractivity contribution in [1.82, 2.24) is 73.8 Å². The highest BCUT2D eigenvalue weighted by Gasteiger charge is 2.39. The summed E-state index contributed by atoms with van der Waals surface area (Å²) in [6.45, 7) is 12.6. The second-order valence-electron chi connectivity index (χ2n) is 31.2. The molecule has 44 heteroatoms. The number of ether oxygens (including phenoxy) is 2. The number of thiazole rings is 1. The highest BCUT2D eigenvalue weighted by molar-refractivity contribution is 8.76. The lowest BCUT2D eigenvalue weighted by Crippen LogP contribution is -2.62. The number of primary amides is 1. The second-order valence-corrected chi connectivity index (χ2v) is 36.0. The van der Waals surface area contributed by atoms with Crippen molar-refractivity contribution in [2.45, 2.75) is 237 Å². The minimum Gasteiger partial charge on any atom is -0.480 e. The van der Waals surface area contributed by atoms with Crippen LogP contribution in [0.3, 0.4) is 0 Å². The maximum atomic E-state index is 15.0. The number of para-hydroxylation sites is 1. The Labute approximate surface area is 737 Å². The van der Waals surface area contributed by atoms with Crippen molar-refractivity contribution in [2.75, 3.05) is 56.6 Å². The third-order valence-electron chi connectivity index (χ3n) is 19.5. The average molecular weight is 1810 g/mol. The zero-order chi connectivity index (χ0) is 91.5. The SMILES string of the molecule is CC(C)C[C@H](NC(=O)[C@H](CCCCN)NC(=O)[C@H](Cc1c[nH]c2ccccc12)NC(=O)[C@H](CCCNC(=N)N)NC(=O)[C@H](CCCCN)NC(=O)[C@H](CC(C)C)NC(=O)[C@@H](NC(=O)[C@H](CCCNC(=N)N)NC(=O)[C@@H](NC(=O)[C@H](CCCCN)NC(=O)CCSSCCCOC(=O)Oc1ccc2nc(C3=N[C@@H](C(=O)O)CS3)sc2c1)[C@@H](C)O)C(C)C)C(N)=O. The van der Waals surface area contributed by atoms with E-state index in [9.17, 15) is 72.5 Å². The number of carboxylic acid groups (broad SMARTS) is 1. The van der Waals surface area contributed by atoms with Crippen LogP contribution in [0.4, 0.5) is 4.79 Å². The number of amides is 11. The van der Waals surface area contributed by atoms with E-state index in [-0.39, 0.29) is 146 Å². The predicted molar refractivity (Wildman–Crippen MR) is 479 cm³/mol. The summed E-state index contributed by atoms with van der Waals surface area (Å²) < 4.78 is 11.3. The Morgan fingerprint density at radius 3 is 1.54 bits per heavy atom. The van der Waals surface area contributed by atoms with E-state index in [1.54, 1.807) is 58.2 Å². The molecule has 40 nitrogen and oxygen atoms in total. The molecular weight excluding hydrogens is 1680 g/mol. The van der Waals surface area contributed by atoms with Crippen molar-refractivity contribution in [1.29, 1.82) is 10.8 Å². The molecule has 0 unspecified atom stereocenters. The van der Waals surface area contributed by atoms with Crippen LogP contribution in [0.15, 0.2) is 53.7 Å². The third kappa shape index (κ3) is 37.4. The van der Waals surface area contributed by atoms with Gasteiger partial charge in [0.05, 0.1) is 22.9 Å². The van der Waals surface area contributed by atoms with Crippen molar-refractivity contribution in [3.05, 3.63) is 59.2 Å². The van der Waals surface area contributed by atoms with Crippen LogP contribution in [0, 0.1) is 28.6 Å². The Hall–Kier alpha value is -10.1. The number of hydrogen-bond donors (Lipinski definition) is 23. The number of benzene rings is 2. The summed E-state index contributed by atoms with van der Waals surface area (Å²) in [4.78, 5) is 193. The number of H-pyrrole nitrogens is 1. The van der Waals surface area contributed by atoms with Gasteiger partial charge in [-0.3, -0.25) is 68.6 Å². The lowest BCUT2D eigenvalue weighted by molar-refractivity contribution is -0.138. The predicted octanol–water partition coefficient (Wildman–Crippen LogP) is 1.02. The molecule has 5 rings (SSSR count). The first-order valence-electron chi connectivity index (χ1n) is 41.8. The Morgan fingerprint density at radius 2 is 1.02 bits per heavy atom. The van der Waals surface area contributed by atoms with Crippen LogP contribution in [0.2, 0.25) is 0 Å². The molecule has 0 aliphatic carbocycles. The Balaban J connectivity index is 1.27. The Kier molecular flexibility index (Phi) is 46.5. The van der Waals surface area contributed by atoms with E-state index in [0.29, 0.717) is 81.6 Å². The molecule has 0 saturated heterocycles. The number of nitrogens with one attached hydrogen (secondary N) is 15. The number of guanidine groups is 2. The number of fused-ring (bicyclic) bond motifs is 2. The summed E-state index contributed by atoms with van der Waals surface area (Å²) in [5.41, 5.74) is 36.4. The van der Waals surface area contributed by atoms with Gasteiger partial charge < -0.3 is 123 Å². The molecule has 1 aliphatic heterocycles. The molecule has 3 heterocycles. The summed E-state index contributed by atoms with van der Waals surface area (Å²) in [6, 6.07) is -2.48. The van der Waals surface area contributed by atoms with Gasteiger partial charge in [-0.1, -0.05) is 81.3 Å². The van der Waals surface area contributed by atoms with E-state index < -0.39 is 156 Å². The van der Waals surface area contributed by atoms with E-state index in [2.05, 4.69) is 78.8 Å². The number of nitrogens with zero attached hydrogens (tertiary/aromatic N) is 2. The third-order valence-corrected chi connectivity index (χ3v) is 24.2. The second kappa shape index (κ2) is 55.3. The first-order valence-corrected chi connectivity index (χ1v) is 46.1. The lowest BCUT2D eigenvalue weighted by atomic mass is 9.98. The summed E-state index contributed by atoms with van der Waals surface area (Å²) >= 11 is 2.60. The minimum absolute atomic E-state index is 0.0103. The molecule has 4 aromatic rings. The van der Waals surface area contributed by atoms with E-state index in [4.69, 9.17) is 54.7 Å². The van der Waals surface area contributed by atoms with Gasteiger partial charge in [0.1, 0.15) is 76.2 Å². The summed E-state index contributed by atoms with van der Waals surface area (Å²) in [5, 5.41) is 70.2. The molecule has 0 saturated carbocycles. The van der Waals surface area contributed by atoms with Crippen molar-refractivity contribution < 1.29 is 82.0 Å². The van der Waals surface area contributed by atoms with Gasteiger partial charge in [-0.05, 0) is 171 Å². The maximum absolute atomic E-state index is 15.0. The van der Waals surface area contributed by atoms with Crippen LogP contribution in [-0.4, -0.2) is 243 Å². The monoisotopic (exact) mass is 1810 g/mol. The summed E-state index contributed by atoms with van der Waals surface area (Å²) in [6.07, 6.45) is 2.14. The quantitative estimate of drug-likeness (QED) is 0.00733. The van der Waals surface area contributed by atoms with Crippen molar-refractivity contribution in [3.8, 4) is 5.75 Å². The molecule has 11 amide bonds. The largest absolute Gasteiger partial charge is 0.513 e. The van der Waals surface area contributed by atoms with E-state index in [0.717, 1.165) is 10.9 Å². The van der Waals surface area contributed by atoms with Gasteiger partial charge in [0.2, 0.25) is 65.0 Å². The van der Waals surface area contributed by atoms with Crippen molar-refractivity contribution in [3.63, 3.8) is 0 Å². The molecule has 2 aromatic carbocycles. The van der Waals surface area contributed by atoms with Gasteiger partial charge >= 0.3 is 12.1 Å². The molecule has 1 aliphatic rings. The zero-order valence-corrected chi connectivity index (χ0v) is 74.6. The summed E-state index contributed by atoms with van der Waals surface area (Å²) in [5.74, 6) is -10.3. The van der Waals surface area contributed by atoms with Gasteiger partial charge in [-0.2, -0.15) is 0 Å². The number of rotatable bonds is 59. The number of aliphatic imine (C=N–C) groups is 1. The molecule has 0 bridgehead atoms. The maximum Gasteiger partial charge on any atom is 0.513 e. The minimum atomic E-state index is -1.72. The molecule has 29 N–H and O–H groups in total. The molecular formula is C80H127N23O17S4. The normalized spacial score (nSPS) is 15.2. The number of unbranched alkanes of at least 4 members (excludes halogenated alkanes) is 3. The number of hydrogen-bond acceptors (Lipinski definition) is 27. The number of nitrogens with two attached hydrogens (primary N) is 6. The number of aliphatic carboxylic acids is 1. The molecule has 2 aromatic heterocycles. The topological polar surface area (TPSA) is 670 Å². The standard InChI is InChI=1S/C80H127N23O17S4/c1-43(2)37-57(65(84)106)97-67(108)54(23-12-15-31-83)95-72(113)59(39-47-41-91-50-20-9-8-19-49(47)50)98-68(109)55(24-16-32-89-78(85)86)93-66(107)53(22-11-14-30-82)94-71(112)58(38-44(3)4)99-73(114)63(45(5)6)102-70(111)56(25-17-33-90-79(87)88)96-74(115)64(46(7)104)103-69(110)52(21-10-13-29-81)92-62(105)28-36-123-122-35-18-34-119-80(118)120-48-26-27-51-61(40-48)124-76(100-51)75-101-60(42-121-75)77(116)117/h8-9,19-20,26-27,40-41,43-46,52-60,63-64,91,104H,10-18,21-25,28-39,42,81-83H2,1-7H3,(H2,84,106)(H,92,105)(H,93,107)(H,94,112)(H,95,113)(H,96,115)(H,97,108)(H,98,109)(H,99,114)(H,102,111)(H,103,110)(H,116,117)(H4,85,86,89)(H4,87,88,90)/t46-,52+,53+,54+,55+,56+,57+,58+,59+,60-,63+,64+/m1/s1. The lowest BCUT2D eigenvalue weighted by Gasteiger charge is -2.30.